The monoisotopic (exact) mass is 334 g/mol. The third-order valence-electron chi connectivity index (χ3n) is 3.92. The van der Waals surface area contributed by atoms with Crippen molar-refractivity contribution in [3.8, 4) is 5.75 Å². The lowest BCUT2D eigenvalue weighted by molar-refractivity contribution is -0.178. The summed E-state index contributed by atoms with van der Waals surface area (Å²) in [5.74, 6) is -0.912. The van der Waals surface area contributed by atoms with E-state index in [9.17, 15) is 9.59 Å². The van der Waals surface area contributed by atoms with Crippen molar-refractivity contribution in [2.24, 2.45) is 22.1 Å². The van der Waals surface area contributed by atoms with E-state index < -0.39 is 23.6 Å². The van der Waals surface area contributed by atoms with Crippen LogP contribution >= 0.6 is 0 Å². The van der Waals surface area contributed by atoms with Crippen LogP contribution in [0, 0.1) is 11.8 Å². The average Bonchev–Trinajstić information content (AvgIpc) is 2.92. The summed E-state index contributed by atoms with van der Waals surface area (Å²) in [6, 6.07) is 6.85. The summed E-state index contributed by atoms with van der Waals surface area (Å²) < 4.78 is 15.5. The number of carbonyl (C=O) groups is 2. The molecule has 1 fully saturated rings. The Bertz CT molecular complexity index is 626. The number of hydrogen-bond donors (Lipinski definition) is 0. The van der Waals surface area contributed by atoms with Gasteiger partial charge in [-0.15, -0.1) is 5.11 Å². The summed E-state index contributed by atoms with van der Waals surface area (Å²) in [7, 11) is 1.57. The van der Waals surface area contributed by atoms with Crippen LogP contribution in [-0.2, 0) is 19.1 Å². The smallest absolute Gasteiger partial charge is 0.376 e. The minimum Gasteiger partial charge on any atom is -0.497 e. The number of benzene rings is 1. The normalized spacial score (nSPS) is 23.5. The Balaban J connectivity index is 2.36. The second-order valence-corrected chi connectivity index (χ2v) is 5.84. The number of ether oxygens (including phenoxy) is 3. The highest BCUT2D eigenvalue weighted by Gasteiger charge is 2.58. The zero-order valence-corrected chi connectivity index (χ0v) is 14.3. The van der Waals surface area contributed by atoms with E-state index in [0.717, 1.165) is 0 Å². The van der Waals surface area contributed by atoms with E-state index in [4.69, 9.17) is 14.2 Å². The number of esters is 2. The van der Waals surface area contributed by atoms with Gasteiger partial charge in [-0.3, -0.25) is 4.79 Å². The first kappa shape index (κ1) is 17.9. The molecule has 7 heteroatoms. The van der Waals surface area contributed by atoms with E-state index in [2.05, 4.69) is 10.2 Å². The molecule has 1 unspecified atom stereocenters. The maximum Gasteiger partial charge on any atom is 0.376 e. The van der Waals surface area contributed by atoms with Crippen LogP contribution in [0.2, 0.25) is 0 Å². The molecule has 2 rings (SSSR count). The second-order valence-electron chi connectivity index (χ2n) is 5.84. The summed E-state index contributed by atoms with van der Waals surface area (Å²) in [6.07, 6.45) is 0.109. The zero-order chi connectivity index (χ0) is 17.7. The van der Waals surface area contributed by atoms with E-state index in [0.29, 0.717) is 11.4 Å². The van der Waals surface area contributed by atoms with Gasteiger partial charge in [-0.1, -0.05) is 13.8 Å². The largest absolute Gasteiger partial charge is 0.497 e. The highest BCUT2D eigenvalue weighted by Crippen LogP contribution is 2.41. The lowest BCUT2D eigenvalue weighted by Gasteiger charge is -2.28. The summed E-state index contributed by atoms with van der Waals surface area (Å²) in [4.78, 5) is 24.3. The van der Waals surface area contributed by atoms with Crippen LogP contribution in [-0.4, -0.2) is 31.4 Å². The molecule has 0 N–H and O–H groups in total. The van der Waals surface area contributed by atoms with Crippen molar-refractivity contribution in [2.45, 2.75) is 32.9 Å². The summed E-state index contributed by atoms with van der Waals surface area (Å²) in [5, 5.41) is 8.22. The molecule has 0 aromatic heterocycles. The highest BCUT2D eigenvalue weighted by molar-refractivity contribution is 5.87. The van der Waals surface area contributed by atoms with E-state index in [1.54, 1.807) is 38.3 Å². The molecular formula is C17H22N2O5. The minimum absolute atomic E-state index is 0.00401. The Hall–Kier alpha value is -2.44. The Labute approximate surface area is 141 Å². The number of rotatable bonds is 6. The van der Waals surface area contributed by atoms with Crippen LogP contribution < -0.4 is 4.74 Å². The number of methoxy groups -OCH3 is 1. The van der Waals surface area contributed by atoms with Crippen LogP contribution in [0.15, 0.2) is 34.5 Å². The molecule has 1 aromatic carbocycles. The van der Waals surface area contributed by atoms with Gasteiger partial charge in [0.15, 0.2) is 0 Å². The Kier molecular flexibility index (Phi) is 5.54. The molecule has 0 aliphatic carbocycles. The van der Waals surface area contributed by atoms with Gasteiger partial charge in [0.25, 0.3) is 0 Å². The van der Waals surface area contributed by atoms with Crippen molar-refractivity contribution in [2.75, 3.05) is 13.7 Å². The van der Waals surface area contributed by atoms with Crippen LogP contribution in [0.5, 0.6) is 5.75 Å². The standard InChI is InChI=1S/C17H22N2O5/c1-5-23-16(21)17(14(11(2)3)10-15(20)24-17)19-18-12-6-8-13(22-4)9-7-12/h6-9,11,14H,5,10H2,1-4H3/t14-,17?/m1/s1. The first-order valence-electron chi connectivity index (χ1n) is 7.89. The van der Waals surface area contributed by atoms with Gasteiger partial charge in [-0.2, -0.15) is 5.11 Å². The van der Waals surface area contributed by atoms with E-state index >= 15 is 0 Å². The van der Waals surface area contributed by atoms with Gasteiger partial charge >= 0.3 is 17.7 Å². The fourth-order valence-electron chi connectivity index (χ4n) is 2.64. The summed E-state index contributed by atoms with van der Waals surface area (Å²) in [6.45, 7) is 5.67. The molecule has 1 saturated heterocycles. The molecular weight excluding hydrogens is 312 g/mol. The zero-order valence-electron chi connectivity index (χ0n) is 14.3. The molecule has 7 nitrogen and oxygen atoms in total. The number of hydrogen-bond acceptors (Lipinski definition) is 7. The second kappa shape index (κ2) is 7.42. The van der Waals surface area contributed by atoms with E-state index in [-0.39, 0.29) is 18.9 Å². The van der Waals surface area contributed by atoms with Crippen LogP contribution in [0.25, 0.3) is 0 Å². The van der Waals surface area contributed by atoms with Crippen molar-refractivity contribution < 1.29 is 23.8 Å². The minimum atomic E-state index is -1.72. The number of nitrogens with zero attached hydrogens (tertiary/aromatic N) is 2. The maximum atomic E-state index is 12.5. The molecule has 130 valence electrons. The van der Waals surface area contributed by atoms with E-state index in [1.165, 1.54) is 0 Å². The Morgan fingerprint density at radius 1 is 1.38 bits per heavy atom. The fourth-order valence-corrected chi connectivity index (χ4v) is 2.64. The van der Waals surface area contributed by atoms with Crippen molar-refractivity contribution in [1.82, 2.24) is 0 Å². The van der Waals surface area contributed by atoms with Gasteiger partial charge < -0.3 is 14.2 Å². The molecule has 1 aliphatic heterocycles. The lowest BCUT2D eigenvalue weighted by atomic mass is 9.85. The van der Waals surface area contributed by atoms with Gasteiger partial charge in [0.1, 0.15) is 5.75 Å². The van der Waals surface area contributed by atoms with Crippen LogP contribution in [0.1, 0.15) is 27.2 Å². The molecule has 1 aliphatic rings. The lowest BCUT2D eigenvalue weighted by Crippen LogP contribution is -2.45. The third kappa shape index (κ3) is 3.55. The molecule has 0 amide bonds. The quantitative estimate of drug-likeness (QED) is 0.588. The first-order chi connectivity index (χ1) is 11.4. The Morgan fingerprint density at radius 3 is 2.58 bits per heavy atom. The van der Waals surface area contributed by atoms with Crippen molar-refractivity contribution in [3.63, 3.8) is 0 Å². The van der Waals surface area contributed by atoms with E-state index in [1.807, 2.05) is 13.8 Å². The highest BCUT2D eigenvalue weighted by atomic mass is 16.6. The molecule has 1 heterocycles. The van der Waals surface area contributed by atoms with Crippen molar-refractivity contribution in [3.05, 3.63) is 24.3 Å². The molecule has 0 bridgehead atoms. The topological polar surface area (TPSA) is 86.6 Å². The van der Waals surface area contributed by atoms with Gasteiger partial charge in [-0.25, -0.2) is 4.79 Å². The van der Waals surface area contributed by atoms with Gasteiger partial charge in [0, 0.05) is 5.92 Å². The molecule has 24 heavy (non-hydrogen) atoms. The first-order valence-corrected chi connectivity index (χ1v) is 7.89. The average molecular weight is 334 g/mol. The third-order valence-corrected chi connectivity index (χ3v) is 3.92. The van der Waals surface area contributed by atoms with Gasteiger partial charge in [-0.05, 0) is 37.1 Å². The van der Waals surface area contributed by atoms with Crippen molar-refractivity contribution in [1.29, 1.82) is 0 Å². The molecule has 0 spiro atoms. The van der Waals surface area contributed by atoms with Crippen molar-refractivity contribution >= 4 is 17.6 Å². The number of cyclic esters (lactones) is 1. The molecule has 1 aromatic rings. The Morgan fingerprint density at radius 2 is 2.04 bits per heavy atom. The fraction of sp³-hybridized carbons (Fsp3) is 0.529. The van der Waals surface area contributed by atoms with Gasteiger partial charge in [0.2, 0.25) is 0 Å². The number of azo groups is 1. The number of carbonyl (C=O) groups excluding carboxylic acids is 2. The van der Waals surface area contributed by atoms with Crippen LogP contribution in [0.4, 0.5) is 5.69 Å². The predicted molar refractivity (Wildman–Crippen MR) is 85.9 cm³/mol. The molecule has 0 radical (unpaired) electrons. The molecule has 2 atom stereocenters. The summed E-state index contributed by atoms with van der Waals surface area (Å²) in [5.41, 5.74) is -1.20. The van der Waals surface area contributed by atoms with Crippen LogP contribution in [0.3, 0.4) is 0 Å². The molecule has 0 saturated carbocycles. The van der Waals surface area contributed by atoms with Gasteiger partial charge in [0.05, 0.1) is 25.8 Å². The maximum absolute atomic E-state index is 12.5. The predicted octanol–water partition coefficient (Wildman–Crippen LogP) is 3.26. The summed E-state index contributed by atoms with van der Waals surface area (Å²) >= 11 is 0. The SMILES string of the molecule is CCOC(=O)C1(N=Nc2ccc(OC)cc2)OC(=O)C[C@@H]1C(C)C.